The van der Waals surface area contributed by atoms with Crippen LogP contribution in [0.4, 0.5) is 4.39 Å². The highest BCUT2D eigenvalue weighted by Gasteiger charge is 2.35. The van der Waals surface area contributed by atoms with Crippen molar-refractivity contribution in [3.63, 3.8) is 0 Å². The van der Waals surface area contributed by atoms with Crippen molar-refractivity contribution in [1.82, 2.24) is 0 Å². The fourth-order valence-electron chi connectivity index (χ4n) is 2.69. The van der Waals surface area contributed by atoms with Crippen LogP contribution in [-0.2, 0) is 5.54 Å². The molecule has 16 heavy (non-hydrogen) atoms. The van der Waals surface area contributed by atoms with Gasteiger partial charge in [0.1, 0.15) is 5.82 Å². The average molecular weight is 286 g/mol. The van der Waals surface area contributed by atoms with Crippen LogP contribution < -0.4 is 5.73 Å². The SMILES string of the molecule is Cc1cc(F)c(Br)c(C2(N)CCCC2)c1C. The maximum Gasteiger partial charge on any atom is 0.138 e. The third kappa shape index (κ3) is 1.80. The zero-order valence-electron chi connectivity index (χ0n) is 9.74. The molecule has 1 saturated carbocycles. The van der Waals surface area contributed by atoms with Crippen molar-refractivity contribution in [3.05, 3.63) is 33.0 Å². The highest BCUT2D eigenvalue weighted by molar-refractivity contribution is 9.10. The molecule has 2 N–H and O–H groups in total. The van der Waals surface area contributed by atoms with Gasteiger partial charge in [-0.2, -0.15) is 0 Å². The van der Waals surface area contributed by atoms with Gasteiger partial charge in [-0.3, -0.25) is 0 Å². The van der Waals surface area contributed by atoms with Gasteiger partial charge in [0.2, 0.25) is 0 Å². The van der Waals surface area contributed by atoms with E-state index in [0.29, 0.717) is 4.47 Å². The van der Waals surface area contributed by atoms with E-state index in [-0.39, 0.29) is 11.4 Å². The topological polar surface area (TPSA) is 26.0 Å². The van der Waals surface area contributed by atoms with Gasteiger partial charge < -0.3 is 5.73 Å². The number of aryl methyl sites for hydroxylation is 1. The van der Waals surface area contributed by atoms with Crippen LogP contribution in [-0.4, -0.2) is 0 Å². The summed E-state index contributed by atoms with van der Waals surface area (Å²) < 4.78 is 14.3. The molecule has 88 valence electrons. The predicted molar refractivity (Wildman–Crippen MR) is 67.9 cm³/mol. The third-order valence-electron chi connectivity index (χ3n) is 3.73. The summed E-state index contributed by atoms with van der Waals surface area (Å²) >= 11 is 3.36. The second kappa shape index (κ2) is 4.11. The third-order valence-corrected chi connectivity index (χ3v) is 4.51. The van der Waals surface area contributed by atoms with Crippen molar-refractivity contribution >= 4 is 15.9 Å². The van der Waals surface area contributed by atoms with Gasteiger partial charge >= 0.3 is 0 Å². The van der Waals surface area contributed by atoms with Crippen LogP contribution in [0.25, 0.3) is 0 Å². The van der Waals surface area contributed by atoms with E-state index in [1.165, 1.54) is 0 Å². The minimum atomic E-state index is -0.338. The fourth-order valence-corrected chi connectivity index (χ4v) is 3.50. The van der Waals surface area contributed by atoms with Crippen LogP contribution in [0.2, 0.25) is 0 Å². The van der Waals surface area contributed by atoms with Gasteiger partial charge in [-0.25, -0.2) is 4.39 Å². The zero-order chi connectivity index (χ0) is 11.9. The molecule has 1 nitrogen and oxygen atoms in total. The Hall–Kier alpha value is -0.410. The lowest BCUT2D eigenvalue weighted by Gasteiger charge is -2.28. The standard InChI is InChI=1S/C13H17BrFN/c1-8-7-10(15)12(14)11(9(8)2)13(16)5-3-4-6-13/h7H,3-6,16H2,1-2H3. The normalized spacial score (nSPS) is 19.1. The molecule has 2 rings (SSSR count). The molecule has 0 unspecified atom stereocenters. The molecule has 0 atom stereocenters. The lowest BCUT2D eigenvalue weighted by molar-refractivity contribution is 0.451. The number of hydrogen-bond donors (Lipinski definition) is 1. The van der Waals surface area contributed by atoms with Crippen LogP contribution in [0.15, 0.2) is 10.5 Å². The van der Waals surface area contributed by atoms with Gasteiger partial charge in [0.25, 0.3) is 0 Å². The zero-order valence-corrected chi connectivity index (χ0v) is 11.3. The largest absolute Gasteiger partial charge is 0.321 e. The summed E-state index contributed by atoms with van der Waals surface area (Å²) in [4.78, 5) is 0. The van der Waals surface area contributed by atoms with E-state index in [9.17, 15) is 4.39 Å². The van der Waals surface area contributed by atoms with Gasteiger partial charge in [-0.05, 0) is 65.4 Å². The number of rotatable bonds is 1. The quantitative estimate of drug-likeness (QED) is 0.831. The van der Waals surface area contributed by atoms with Crippen LogP contribution in [0, 0.1) is 19.7 Å². The van der Waals surface area contributed by atoms with E-state index < -0.39 is 0 Å². The molecule has 0 saturated heterocycles. The van der Waals surface area contributed by atoms with Crippen molar-refractivity contribution in [2.75, 3.05) is 0 Å². The molecule has 0 amide bonds. The van der Waals surface area contributed by atoms with Gasteiger partial charge in [0.05, 0.1) is 4.47 Å². The summed E-state index contributed by atoms with van der Waals surface area (Å²) in [5.41, 5.74) is 9.16. The van der Waals surface area contributed by atoms with E-state index in [2.05, 4.69) is 15.9 Å². The molecule has 1 aromatic rings. The summed E-state index contributed by atoms with van der Waals surface area (Å²) in [5.74, 6) is -0.199. The Morgan fingerprint density at radius 2 is 1.88 bits per heavy atom. The molecule has 0 radical (unpaired) electrons. The molecule has 0 bridgehead atoms. The molecule has 1 fully saturated rings. The molecule has 0 spiro atoms. The second-order valence-corrected chi connectivity index (χ2v) is 5.65. The first kappa shape index (κ1) is 12.1. The minimum Gasteiger partial charge on any atom is -0.321 e. The Morgan fingerprint density at radius 1 is 1.31 bits per heavy atom. The van der Waals surface area contributed by atoms with Crippen molar-refractivity contribution in [2.24, 2.45) is 5.73 Å². The highest BCUT2D eigenvalue weighted by atomic mass is 79.9. The molecule has 0 heterocycles. The molecular formula is C13H17BrFN. The molecular weight excluding hydrogens is 269 g/mol. The molecule has 1 aliphatic carbocycles. The Kier molecular flexibility index (Phi) is 3.10. The van der Waals surface area contributed by atoms with Crippen LogP contribution in [0.3, 0.4) is 0 Å². The Balaban J connectivity index is 2.63. The van der Waals surface area contributed by atoms with E-state index in [1.54, 1.807) is 6.07 Å². The van der Waals surface area contributed by atoms with Crippen molar-refractivity contribution < 1.29 is 4.39 Å². The first-order valence-electron chi connectivity index (χ1n) is 5.70. The monoisotopic (exact) mass is 285 g/mol. The number of benzene rings is 1. The first-order valence-corrected chi connectivity index (χ1v) is 6.49. The summed E-state index contributed by atoms with van der Waals surface area (Å²) in [6, 6.07) is 1.57. The summed E-state index contributed by atoms with van der Waals surface area (Å²) in [7, 11) is 0. The lowest BCUT2D eigenvalue weighted by atomic mass is 9.84. The van der Waals surface area contributed by atoms with E-state index in [0.717, 1.165) is 42.4 Å². The number of hydrogen-bond acceptors (Lipinski definition) is 1. The Labute approximate surface area is 104 Å². The maximum absolute atomic E-state index is 13.7. The van der Waals surface area contributed by atoms with Crippen molar-refractivity contribution in [2.45, 2.75) is 45.1 Å². The van der Waals surface area contributed by atoms with Crippen LogP contribution in [0.5, 0.6) is 0 Å². The first-order chi connectivity index (χ1) is 7.46. The summed E-state index contributed by atoms with van der Waals surface area (Å²) in [6.45, 7) is 3.97. The van der Waals surface area contributed by atoms with Gasteiger partial charge in [0, 0.05) is 5.54 Å². The van der Waals surface area contributed by atoms with Gasteiger partial charge in [0.15, 0.2) is 0 Å². The summed E-state index contributed by atoms with van der Waals surface area (Å²) in [6.07, 6.45) is 4.18. The Bertz CT molecular complexity index is 396. The molecule has 0 aliphatic heterocycles. The highest BCUT2D eigenvalue weighted by Crippen LogP contribution is 2.42. The smallest absolute Gasteiger partial charge is 0.138 e. The molecule has 1 aromatic carbocycles. The molecule has 3 heteroatoms. The second-order valence-electron chi connectivity index (χ2n) is 4.85. The average Bonchev–Trinajstić information content (AvgIpc) is 2.63. The van der Waals surface area contributed by atoms with Gasteiger partial charge in [-0.1, -0.05) is 12.8 Å². The molecule has 0 aromatic heterocycles. The predicted octanol–water partition coefficient (Wildman–Crippen LogP) is 3.93. The van der Waals surface area contributed by atoms with E-state index >= 15 is 0 Å². The lowest BCUT2D eigenvalue weighted by Crippen LogP contribution is -2.34. The number of nitrogens with two attached hydrogens (primary N) is 1. The molecule has 1 aliphatic rings. The van der Waals surface area contributed by atoms with Crippen LogP contribution >= 0.6 is 15.9 Å². The van der Waals surface area contributed by atoms with Crippen LogP contribution in [0.1, 0.15) is 42.4 Å². The van der Waals surface area contributed by atoms with Crippen molar-refractivity contribution in [3.8, 4) is 0 Å². The minimum absolute atomic E-state index is 0.199. The van der Waals surface area contributed by atoms with E-state index in [4.69, 9.17) is 5.73 Å². The fraction of sp³-hybridized carbons (Fsp3) is 0.538. The Morgan fingerprint density at radius 3 is 2.44 bits per heavy atom. The van der Waals surface area contributed by atoms with E-state index in [1.807, 2.05) is 13.8 Å². The van der Waals surface area contributed by atoms with Crippen molar-refractivity contribution in [1.29, 1.82) is 0 Å². The van der Waals surface area contributed by atoms with Gasteiger partial charge in [-0.15, -0.1) is 0 Å². The number of halogens is 2. The maximum atomic E-state index is 13.7. The summed E-state index contributed by atoms with van der Waals surface area (Å²) in [5, 5.41) is 0.